The summed E-state index contributed by atoms with van der Waals surface area (Å²) in [6, 6.07) is 7.31. The van der Waals surface area contributed by atoms with Crippen molar-refractivity contribution >= 4 is 21.6 Å². The number of nitrogens with zero attached hydrogens (tertiary/aromatic N) is 1. The molecule has 1 aromatic rings. The van der Waals surface area contributed by atoms with Crippen molar-refractivity contribution in [3.63, 3.8) is 0 Å². The fourth-order valence-corrected chi connectivity index (χ4v) is 3.16. The van der Waals surface area contributed by atoms with E-state index in [1.807, 2.05) is 0 Å². The van der Waals surface area contributed by atoms with Crippen LogP contribution in [0.5, 0.6) is 0 Å². The minimum absolute atomic E-state index is 0.646. The molecule has 0 amide bonds. The Morgan fingerprint density at radius 1 is 1.41 bits per heavy atom. The standard InChI is InChI=1S/C14H21BrN2/c1-3-16-13-5-4-6-17(10-13)14-8-11(2)7-12(15)9-14/h7-9,13,16H,3-6,10H2,1-2H3. The molecule has 0 spiro atoms. The van der Waals surface area contributed by atoms with Crippen molar-refractivity contribution < 1.29 is 0 Å². The molecule has 2 nitrogen and oxygen atoms in total. The Bertz CT molecular complexity index is 356. The van der Waals surface area contributed by atoms with Gasteiger partial charge in [-0.05, 0) is 50.1 Å². The Labute approximate surface area is 113 Å². The number of piperidine rings is 1. The number of benzene rings is 1. The zero-order valence-electron chi connectivity index (χ0n) is 10.7. The highest BCUT2D eigenvalue weighted by atomic mass is 79.9. The maximum Gasteiger partial charge on any atom is 0.0380 e. The van der Waals surface area contributed by atoms with E-state index in [4.69, 9.17) is 0 Å². The molecule has 0 aliphatic carbocycles. The van der Waals surface area contributed by atoms with Gasteiger partial charge < -0.3 is 10.2 Å². The molecule has 1 aliphatic rings. The molecule has 0 radical (unpaired) electrons. The number of anilines is 1. The predicted molar refractivity (Wildman–Crippen MR) is 77.8 cm³/mol. The highest BCUT2D eigenvalue weighted by Crippen LogP contribution is 2.25. The molecular weight excluding hydrogens is 276 g/mol. The van der Waals surface area contributed by atoms with E-state index in [1.54, 1.807) is 0 Å². The summed E-state index contributed by atoms with van der Waals surface area (Å²) >= 11 is 3.58. The van der Waals surface area contributed by atoms with Crippen molar-refractivity contribution in [2.75, 3.05) is 24.5 Å². The molecule has 1 N–H and O–H groups in total. The molecule has 1 saturated heterocycles. The summed E-state index contributed by atoms with van der Waals surface area (Å²) in [5.74, 6) is 0. The van der Waals surface area contributed by atoms with Gasteiger partial charge in [0.2, 0.25) is 0 Å². The van der Waals surface area contributed by atoms with Crippen LogP contribution in [0.3, 0.4) is 0 Å². The van der Waals surface area contributed by atoms with Crippen molar-refractivity contribution in [3.05, 3.63) is 28.2 Å². The van der Waals surface area contributed by atoms with Gasteiger partial charge in [0.05, 0.1) is 0 Å². The lowest BCUT2D eigenvalue weighted by Gasteiger charge is -2.35. The largest absolute Gasteiger partial charge is 0.370 e. The van der Waals surface area contributed by atoms with E-state index in [1.165, 1.54) is 35.1 Å². The third kappa shape index (κ3) is 3.46. The van der Waals surface area contributed by atoms with E-state index in [9.17, 15) is 0 Å². The Kier molecular flexibility index (Phi) is 4.46. The van der Waals surface area contributed by atoms with Gasteiger partial charge in [0.15, 0.2) is 0 Å². The third-order valence-electron chi connectivity index (χ3n) is 3.31. The molecule has 2 rings (SSSR count). The zero-order valence-corrected chi connectivity index (χ0v) is 12.3. The van der Waals surface area contributed by atoms with Crippen LogP contribution in [0.4, 0.5) is 5.69 Å². The van der Waals surface area contributed by atoms with Crippen LogP contribution in [0, 0.1) is 6.92 Å². The van der Waals surface area contributed by atoms with Crippen LogP contribution in [0.25, 0.3) is 0 Å². The molecule has 1 unspecified atom stereocenters. The zero-order chi connectivity index (χ0) is 12.3. The molecule has 1 aliphatic heterocycles. The highest BCUT2D eigenvalue weighted by molar-refractivity contribution is 9.10. The number of likely N-dealkylation sites (N-methyl/N-ethyl adjacent to an activating group) is 1. The lowest BCUT2D eigenvalue weighted by Crippen LogP contribution is -2.45. The summed E-state index contributed by atoms with van der Waals surface area (Å²) in [5, 5.41) is 3.56. The number of rotatable bonds is 3. The maximum atomic E-state index is 3.58. The van der Waals surface area contributed by atoms with Crippen molar-refractivity contribution in [1.82, 2.24) is 5.32 Å². The van der Waals surface area contributed by atoms with E-state index < -0.39 is 0 Å². The fourth-order valence-electron chi connectivity index (χ4n) is 2.57. The molecule has 1 heterocycles. The van der Waals surface area contributed by atoms with Crippen LogP contribution in [-0.2, 0) is 0 Å². The second-order valence-corrected chi connectivity index (χ2v) is 5.75. The van der Waals surface area contributed by atoms with Crippen molar-refractivity contribution in [1.29, 1.82) is 0 Å². The third-order valence-corrected chi connectivity index (χ3v) is 3.76. The maximum absolute atomic E-state index is 3.58. The van der Waals surface area contributed by atoms with Crippen LogP contribution in [0.1, 0.15) is 25.3 Å². The van der Waals surface area contributed by atoms with E-state index in [2.05, 4.69) is 58.2 Å². The molecule has 0 bridgehead atoms. The van der Waals surface area contributed by atoms with Crippen LogP contribution in [0.15, 0.2) is 22.7 Å². The summed E-state index contributed by atoms with van der Waals surface area (Å²) < 4.78 is 1.18. The first-order valence-electron chi connectivity index (χ1n) is 6.44. The summed E-state index contributed by atoms with van der Waals surface area (Å²) in [7, 11) is 0. The molecular formula is C14H21BrN2. The first-order chi connectivity index (χ1) is 8.19. The van der Waals surface area contributed by atoms with Crippen molar-refractivity contribution in [3.8, 4) is 0 Å². The van der Waals surface area contributed by atoms with Crippen molar-refractivity contribution in [2.24, 2.45) is 0 Å². The Morgan fingerprint density at radius 3 is 2.94 bits per heavy atom. The van der Waals surface area contributed by atoms with Gasteiger partial charge in [-0.3, -0.25) is 0 Å². The van der Waals surface area contributed by atoms with Gasteiger partial charge in [-0.2, -0.15) is 0 Å². The summed E-state index contributed by atoms with van der Waals surface area (Å²) in [6.07, 6.45) is 2.58. The minimum Gasteiger partial charge on any atom is -0.370 e. The van der Waals surface area contributed by atoms with E-state index >= 15 is 0 Å². The monoisotopic (exact) mass is 296 g/mol. The number of halogens is 1. The SMILES string of the molecule is CCNC1CCCN(c2cc(C)cc(Br)c2)C1. The normalized spacial score (nSPS) is 20.6. The lowest BCUT2D eigenvalue weighted by atomic mass is 10.0. The molecule has 1 atom stereocenters. The van der Waals surface area contributed by atoms with Crippen LogP contribution >= 0.6 is 15.9 Å². The summed E-state index contributed by atoms with van der Waals surface area (Å²) in [4.78, 5) is 2.49. The van der Waals surface area contributed by atoms with Crippen LogP contribution in [0.2, 0.25) is 0 Å². The van der Waals surface area contributed by atoms with Gasteiger partial charge in [0.25, 0.3) is 0 Å². The fraction of sp³-hybridized carbons (Fsp3) is 0.571. The number of nitrogens with one attached hydrogen (secondary N) is 1. The topological polar surface area (TPSA) is 15.3 Å². The van der Waals surface area contributed by atoms with Gasteiger partial charge in [0, 0.05) is 29.3 Å². The van der Waals surface area contributed by atoms with Crippen LogP contribution in [-0.4, -0.2) is 25.7 Å². The second-order valence-electron chi connectivity index (χ2n) is 4.83. The van der Waals surface area contributed by atoms with Gasteiger partial charge in [-0.15, -0.1) is 0 Å². The Balaban J connectivity index is 2.10. The average molecular weight is 297 g/mol. The predicted octanol–water partition coefficient (Wildman–Crippen LogP) is 3.34. The van der Waals surface area contributed by atoms with Gasteiger partial charge in [0.1, 0.15) is 0 Å². The molecule has 94 valence electrons. The quantitative estimate of drug-likeness (QED) is 0.920. The van der Waals surface area contributed by atoms with Gasteiger partial charge in [-0.1, -0.05) is 22.9 Å². The van der Waals surface area contributed by atoms with E-state index in [0.29, 0.717) is 6.04 Å². The Hall–Kier alpha value is -0.540. The molecule has 0 aromatic heterocycles. The molecule has 0 saturated carbocycles. The number of hydrogen-bond donors (Lipinski definition) is 1. The van der Waals surface area contributed by atoms with E-state index in [-0.39, 0.29) is 0 Å². The number of hydrogen-bond acceptors (Lipinski definition) is 2. The van der Waals surface area contributed by atoms with Crippen LogP contribution < -0.4 is 10.2 Å². The summed E-state index contributed by atoms with van der Waals surface area (Å²) in [5.41, 5.74) is 2.67. The lowest BCUT2D eigenvalue weighted by molar-refractivity contribution is 0.431. The first-order valence-corrected chi connectivity index (χ1v) is 7.24. The molecule has 3 heteroatoms. The smallest absolute Gasteiger partial charge is 0.0380 e. The second kappa shape index (κ2) is 5.87. The van der Waals surface area contributed by atoms with Crippen molar-refractivity contribution in [2.45, 2.75) is 32.7 Å². The van der Waals surface area contributed by atoms with Gasteiger partial charge >= 0.3 is 0 Å². The van der Waals surface area contributed by atoms with Gasteiger partial charge in [-0.25, -0.2) is 0 Å². The first kappa shape index (κ1) is 12.9. The van der Waals surface area contributed by atoms with E-state index in [0.717, 1.165) is 13.1 Å². The highest BCUT2D eigenvalue weighted by Gasteiger charge is 2.19. The molecule has 17 heavy (non-hydrogen) atoms. The number of aryl methyl sites for hydroxylation is 1. The average Bonchev–Trinajstić information content (AvgIpc) is 2.28. The summed E-state index contributed by atoms with van der Waals surface area (Å²) in [6.45, 7) is 7.71. The Morgan fingerprint density at radius 2 is 2.24 bits per heavy atom. The molecule has 1 fully saturated rings. The minimum atomic E-state index is 0.646. The molecule has 1 aromatic carbocycles.